The number of carbonyl (C=O) groups excluding carboxylic acids is 2. The van der Waals surface area contributed by atoms with E-state index in [-0.39, 0.29) is 17.9 Å². The Morgan fingerprint density at radius 1 is 1.31 bits per heavy atom. The average molecular weight is 182 g/mol. The molecular formula is C9H14N2O2. The highest BCUT2D eigenvalue weighted by atomic mass is 16.2. The van der Waals surface area contributed by atoms with Gasteiger partial charge in [0.15, 0.2) is 0 Å². The Morgan fingerprint density at radius 3 is 3.00 bits per heavy atom. The summed E-state index contributed by atoms with van der Waals surface area (Å²) < 4.78 is 0. The maximum atomic E-state index is 11.5. The van der Waals surface area contributed by atoms with Gasteiger partial charge in [-0.25, -0.2) is 0 Å². The average Bonchev–Trinajstić information content (AvgIpc) is 2.29. The fourth-order valence-corrected chi connectivity index (χ4v) is 2.06. The second-order valence-electron chi connectivity index (χ2n) is 3.64. The normalized spacial score (nSPS) is 29.2. The van der Waals surface area contributed by atoms with Gasteiger partial charge >= 0.3 is 0 Å². The molecule has 4 nitrogen and oxygen atoms in total. The van der Waals surface area contributed by atoms with Crippen molar-refractivity contribution < 1.29 is 9.59 Å². The Labute approximate surface area is 77.3 Å². The first kappa shape index (κ1) is 8.53. The van der Waals surface area contributed by atoms with E-state index < -0.39 is 0 Å². The van der Waals surface area contributed by atoms with Crippen LogP contribution in [0.4, 0.5) is 0 Å². The fraction of sp³-hybridized carbons (Fsp3) is 0.778. The third-order valence-corrected chi connectivity index (χ3v) is 2.76. The van der Waals surface area contributed by atoms with Crippen molar-refractivity contribution in [3.63, 3.8) is 0 Å². The molecule has 0 aromatic rings. The Balaban J connectivity index is 2.18. The van der Waals surface area contributed by atoms with E-state index in [2.05, 4.69) is 5.32 Å². The zero-order chi connectivity index (χ0) is 9.26. The Kier molecular flexibility index (Phi) is 2.20. The van der Waals surface area contributed by atoms with E-state index in [4.69, 9.17) is 0 Å². The van der Waals surface area contributed by atoms with Crippen molar-refractivity contribution in [2.75, 3.05) is 13.1 Å². The molecule has 0 spiro atoms. The summed E-state index contributed by atoms with van der Waals surface area (Å²) in [5.41, 5.74) is 0. The highest BCUT2D eigenvalue weighted by molar-refractivity contribution is 5.90. The number of hydrogen-bond donors (Lipinski definition) is 1. The minimum absolute atomic E-state index is 0.0329. The molecule has 2 aliphatic heterocycles. The molecule has 1 atom stereocenters. The van der Waals surface area contributed by atoms with Crippen LogP contribution >= 0.6 is 0 Å². The lowest BCUT2D eigenvalue weighted by Gasteiger charge is -2.32. The molecule has 0 aromatic heterocycles. The smallest absolute Gasteiger partial charge is 0.242 e. The summed E-state index contributed by atoms with van der Waals surface area (Å²) in [5.74, 6) is 0.161. The standard InChI is InChI=1S/C9H14N2O2/c12-8-4-5-10-9(13)7-3-1-2-6-11(7)8/h7H,1-6H2,(H,10,13). The fourth-order valence-electron chi connectivity index (χ4n) is 2.06. The summed E-state index contributed by atoms with van der Waals surface area (Å²) in [4.78, 5) is 24.8. The maximum Gasteiger partial charge on any atom is 0.242 e. The largest absolute Gasteiger partial charge is 0.354 e. The van der Waals surface area contributed by atoms with Crippen LogP contribution in [-0.2, 0) is 9.59 Å². The number of hydrogen-bond acceptors (Lipinski definition) is 2. The van der Waals surface area contributed by atoms with Crippen molar-refractivity contribution in [3.8, 4) is 0 Å². The summed E-state index contributed by atoms with van der Waals surface area (Å²) in [6, 6.07) is -0.177. The molecule has 2 aliphatic rings. The van der Waals surface area contributed by atoms with Crippen LogP contribution in [-0.4, -0.2) is 35.8 Å². The summed E-state index contributed by atoms with van der Waals surface area (Å²) in [6.07, 6.45) is 3.39. The highest BCUT2D eigenvalue weighted by Gasteiger charge is 2.33. The van der Waals surface area contributed by atoms with Gasteiger partial charge < -0.3 is 10.2 Å². The first-order valence-electron chi connectivity index (χ1n) is 4.86. The maximum absolute atomic E-state index is 11.5. The van der Waals surface area contributed by atoms with E-state index in [9.17, 15) is 9.59 Å². The van der Waals surface area contributed by atoms with Crippen LogP contribution in [0.1, 0.15) is 25.7 Å². The monoisotopic (exact) mass is 182 g/mol. The molecular weight excluding hydrogens is 168 g/mol. The predicted molar refractivity (Wildman–Crippen MR) is 47.0 cm³/mol. The molecule has 1 N–H and O–H groups in total. The van der Waals surface area contributed by atoms with Crippen molar-refractivity contribution in [3.05, 3.63) is 0 Å². The van der Waals surface area contributed by atoms with E-state index in [0.29, 0.717) is 13.0 Å². The SMILES string of the molecule is O=C1NCCC(=O)N2CCCCC12. The van der Waals surface area contributed by atoms with Crippen molar-refractivity contribution in [1.82, 2.24) is 10.2 Å². The molecule has 4 heteroatoms. The van der Waals surface area contributed by atoms with Crippen LogP contribution in [0, 0.1) is 0 Å². The summed E-state index contributed by atoms with van der Waals surface area (Å²) in [5, 5.41) is 2.77. The van der Waals surface area contributed by atoms with E-state index in [1.807, 2.05) is 0 Å². The van der Waals surface area contributed by atoms with Gasteiger partial charge in [0, 0.05) is 19.5 Å². The third-order valence-electron chi connectivity index (χ3n) is 2.76. The van der Waals surface area contributed by atoms with Gasteiger partial charge in [0.2, 0.25) is 11.8 Å². The van der Waals surface area contributed by atoms with E-state index in [1.165, 1.54) is 0 Å². The zero-order valence-electron chi connectivity index (χ0n) is 7.58. The van der Waals surface area contributed by atoms with Crippen molar-refractivity contribution in [2.45, 2.75) is 31.7 Å². The lowest BCUT2D eigenvalue weighted by molar-refractivity contribution is -0.139. The topological polar surface area (TPSA) is 49.4 Å². The molecule has 0 aromatic carbocycles. The lowest BCUT2D eigenvalue weighted by atomic mass is 10.0. The first-order chi connectivity index (χ1) is 6.29. The molecule has 72 valence electrons. The molecule has 0 bridgehead atoms. The summed E-state index contributed by atoms with van der Waals surface area (Å²) in [7, 11) is 0. The van der Waals surface area contributed by atoms with Gasteiger partial charge in [-0.05, 0) is 19.3 Å². The van der Waals surface area contributed by atoms with Gasteiger partial charge in [0.1, 0.15) is 6.04 Å². The van der Waals surface area contributed by atoms with Crippen LogP contribution in [0.5, 0.6) is 0 Å². The first-order valence-corrected chi connectivity index (χ1v) is 4.86. The van der Waals surface area contributed by atoms with Crippen LogP contribution in [0.2, 0.25) is 0 Å². The molecule has 0 saturated carbocycles. The number of carbonyl (C=O) groups is 2. The van der Waals surface area contributed by atoms with Gasteiger partial charge in [0.05, 0.1) is 0 Å². The van der Waals surface area contributed by atoms with Crippen LogP contribution in [0.25, 0.3) is 0 Å². The molecule has 2 saturated heterocycles. The minimum atomic E-state index is -0.177. The quantitative estimate of drug-likeness (QED) is 0.568. The number of nitrogens with zero attached hydrogens (tertiary/aromatic N) is 1. The number of nitrogens with one attached hydrogen (secondary N) is 1. The Bertz CT molecular complexity index is 216. The summed E-state index contributed by atoms with van der Waals surface area (Å²) in [6.45, 7) is 1.27. The van der Waals surface area contributed by atoms with Gasteiger partial charge in [0.25, 0.3) is 0 Å². The number of rotatable bonds is 0. The number of fused-ring (bicyclic) bond motifs is 1. The molecule has 2 amide bonds. The van der Waals surface area contributed by atoms with Gasteiger partial charge in [-0.3, -0.25) is 9.59 Å². The number of piperidine rings is 1. The van der Waals surface area contributed by atoms with Crippen molar-refractivity contribution >= 4 is 11.8 Å². The Hall–Kier alpha value is -1.06. The second-order valence-corrected chi connectivity index (χ2v) is 3.64. The molecule has 2 heterocycles. The highest BCUT2D eigenvalue weighted by Crippen LogP contribution is 2.19. The Morgan fingerprint density at radius 2 is 2.15 bits per heavy atom. The molecule has 1 unspecified atom stereocenters. The van der Waals surface area contributed by atoms with Crippen molar-refractivity contribution in [1.29, 1.82) is 0 Å². The second kappa shape index (κ2) is 3.36. The van der Waals surface area contributed by atoms with Gasteiger partial charge in [-0.1, -0.05) is 0 Å². The van der Waals surface area contributed by atoms with E-state index in [0.717, 1.165) is 25.8 Å². The molecule has 13 heavy (non-hydrogen) atoms. The van der Waals surface area contributed by atoms with Crippen LogP contribution in [0.3, 0.4) is 0 Å². The zero-order valence-corrected chi connectivity index (χ0v) is 7.58. The molecule has 2 fully saturated rings. The minimum Gasteiger partial charge on any atom is -0.354 e. The molecule has 0 radical (unpaired) electrons. The summed E-state index contributed by atoms with van der Waals surface area (Å²) >= 11 is 0. The number of amides is 2. The predicted octanol–water partition coefficient (Wildman–Crippen LogP) is -0.113. The van der Waals surface area contributed by atoms with E-state index in [1.54, 1.807) is 4.90 Å². The lowest BCUT2D eigenvalue weighted by Crippen LogP contribution is -2.48. The van der Waals surface area contributed by atoms with Crippen LogP contribution in [0.15, 0.2) is 0 Å². The molecule has 0 aliphatic carbocycles. The molecule has 2 rings (SSSR count). The van der Waals surface area contributed by atoms with Crippen molar-refractivity contribution in [2.24, 2.45) is 0 Å². The van der Waals surface area contributed by atoms with Gasteiger partial charge in [-0.15, -0.1) is 0 Å². The third kappa shape index (κ3) is 1.53. The van der Waals surface area contributed by atoms with E-state index >= 15 is 0 Å². The van der Waals surface area contributed by atoms with Gasteiger partial charge in [-0.2, -0.15) is 0 Å². The van der Waals surface area contributed by atoms with Crippen LogP contribution < -0.4 is 5.32 Å².